The Bertz CT molecular complexity index is 372. The molecular weight excluding hydrogens is 206 g/mol. The summed E-state index contributed by atoms with van der Waals surface area (Å²) in [5.74, 6) is 0.656. The quantitative estimate of drug-likeness (QED) is 0.836. The maximum atomic E-state index is 6.76. The number of rotatable bonds is 3. The first kappa shape index (κ1) is 12.6. The summed E-state index contributed by atoms with van der Waals surface area (Å²) in [5.41, 5.74) is 9.46. The molecule has 1 heteroatoms. The van der Waals surface area contributed by atoms with Gasteiger partial charge in [0.15, 0.2) is 0 Å². The Labute approximate surface area is 105 Å². The minimum absolute atomic E-state index is 0.0712. The molecule has 0 saturated heterocycles. The van der Waals surface area contributed by atoms with Crippen LogP contribution in [-0.4, -0.2) is 0 Å². The van der Waals surface area contributed by atoms with Gasteiger partial charge in [-0.25, -0.2) is 0 Å². The molecule has 94 valence electrons. The normalized spacial score (nSPS) is 29.2. The molecule has 0 aromatic heterocycles. The minimum Gasteiger partial charge on any atom is -0.321 e. The van der Waals surface area contributed by atoms with Crippen molar-refractivity contribution >= 4 is 0 Å². The van der Waals surface area contributed by atoms with Gasteiger partial charge in [0.25, 0.3) is 0 Å². The van der Waals surface area contributed by atoms with Gasteiger partial charge in [-0.15, -0.1) is 0 Å². The summed E-state index contributed by atoms with van der Waals surface area (Å²) in [5, 5.41) is 0. The second-order valence-corrected chi connectivity index (χ2v) is 5.45. The van der Waals surface area contributed by atoms with E-state index in [-0.39, 0.29) is 5.54 Å². The Kier molecular flexibility index (Phi) is 3.88. The molecule has 0 heterocycles. The van der Waals surface area contributed by atoms with Crippen LogP contribution in [0.15, 0.2) is 24.3 Å². The van der Waals surface area contributed by atoms with Crippen molar-refractivity contribution in [2.45, 2.75) is 57.9 Å². The Balaban J connectivity index is 2.33. The second kappa shape index (κ2) is 5.22. The van der Waals surface area contributed by atoms with Crippen LogP contribution in [0.5, 0.6) is 0 Å². The Morgan fingerprint density at radius 2 is 2.12 bits per heavy atom. The fourth-order valence-electron chi connectivity index (χ4n) is 3.30. The lowest BCUT2D eigenvalue weighted by Gasteiger charge is -2.41. The fourth-order valence-corrected chi connectivity index (χ4v) is 3.30. The van der Waals surface area contributed by atoms with Gasteiger partial charge in [0.2, 0.25) is 0 Å². The SMILES string of the molecule is CCc1cccc(C2(N)CCCCC2CC)c1. The fraction of sp³-hybridized carbons (Fsp3) is 0.625. The van der Waals surface area contributed by atoms with Crippen LogP contribution in [0, 0.1) is 5.92 Å². The smallest absolute Gasteiger partial charge is 0.0438 e. The van der Waals surface area contributed by atoms with Crippen LogP contribution in [0.25, 0.3) is 0 Å². The molecule has 1 aromatic carbocycles. The predicted octanol–water partition coefficient (Wildman–Crippen LogP) is 4.00. The van der Waals surface area contributed by atoms with Gasteiger partial charge in [0.1, 0.15) is 0 Å². The van der Waals surface area contributed by atoms with Crippen molar-refractivity contribution in [3.8, 4) is 0 Å². The molecule has 0 bridgehead atoms. The van der Waals surface area contributed by atoms with E-state index in [1.165, 1.54) is 36.8 Å². The van der Waals surface area contributed by atoms with E-state index in [4.69, 9.17) is 5.73 Å². The highest BCUT2D eigenvalue weighted by Crippen LogP contribution is 2.41. The van der Waals surface area contributed by atoms with Crippen LogP contribution in [0.3, 0.4) is 0 Å². The molecule has 0 spiro atoms. The Morgan fingerprint density at radius 1 is 1.29 bits per heavy atom. The van der Waals surface area contributed by atoms with Crippen molar-refractivity contribution in [3.05, 3.63) is 35.4 Å². The Hall–Kier alpha value is -0.820. The zero-order valence-electron chi connectivity index (χ0n) is 11.2. The molecule has 1 aliphatic carbocycles. The van der Waals surface area contributed by atoms with Gasteiger partial charge in [-0.05, 0) is 36.3 Å². The topological polar surface area (TPSA) is 26.0 Å². The molecule has 2 rings (SSSR count). The van der Waals surface area contributed by atoms with E-state index >= 15 is 0 Å². The highest BCUT2D eigenvalue weighted by molar-refractivity contribution is 5.30. The van der Waals surface area contributed by atoms with Crippen molar-refractivity contribution < 1.29 is 0 Å². The zero-order chi connectivity index (χ0) is 12.3. The van der Waals surface area contributed by atoms with Crippen molar-refractivity contribution in [3.63, 3.8) is 0 Å². The van der Waals surface area contributed by atoms with E-state index in [9.17, 15) is 0 Å². The van der Waals surface area contributed by atoms with E-state index < -0.39 is 0 Å². The summed E-state index contributed by atoms with van der Waals surface area (Å²) in [6, 6.07) is 8.93. The maximum absolute atomic E-state index is 6.76. The standard InChI is InChI=1S/C16H25N/c1-3-13-8-7-10-15(12-13)16(17)11-6-5-9-14(16)4-2/h7-8,10,12,14H,3-6,9,11,17H2,1-2H3. The van der Waals surface area contributed by atoms with Crippen LogP contribution in [-0.2, 0) is 12.0 Å². The third kappa shape index (κ3) is 2.40. The molecule has 0 aliphatic heterocycles. The molecule has 1 fully saturated rings. The Morgan fingerprint density at radius 3 is 2.82 bits per heavy atom. The number of aryl methyl sites for hydroxylation is 1. The van der Waals surface area contributed by atoms with E-state index in [0.717, 1.165) is 12.8 Å². The molecule has 2 atom stereocenters. The highest BCUT2D eigenvalue weighted by atomic mass is 14.8. The van der Waals surface area contributed by atoms with E-state index in [0.29, 0.717) is 5.92 Å². The summed E-state index contributed by atoms with van der Waals surface area (Å²) >= 11 is 0. The third-order valence-corrected chi connectivity index (χ3v) is 4.49. The minimum atomic E-state index is -0.0712. The lowest BCUT2D eigenvalue weighted by atomic mass is 9.68. The average Bonchev–Trinajstić information content (AvgIpc) is 2.39. The number of hydrogen-bond acceptors (Lipinski definition) is 1. The first-order valence-electron chi connectivity index (χ1n) is 7.09. The molecule has 0 radical (unpaired) electrons. The molecule has 1 aliphatic rings. The van der Waals surface area contributed by atoms with E-state index in [1.54, 1.807) is 0 Å². The molecule has 0 amide bonds. The van der Waals surface area contributed by atoms with Crippen molar-refractivity contribution in [2.24, 2.45) is 11.7 Å². The molecule has 17 heavy (non-hydrogen) atoms. The zero-order valence-corrected chi connectivity index (χ0v) is 11.2. The van der Waals surface area contributed by atoms with Crippen molar-refractivity contribution in [1.82, 2.24) is 0 Å². The first-order chi connectivity index (χ1) is 8.20. The van der Waals surface area contributed by atoms with Crippen molar-refractivity contribution in [2.75, 3.05) is 0 Å². The molecule has 2 unspecified atom stereocenters. The highest BCUT2D eigenvalue weighted by Gasteiger charge is 2.37. The summed E-state index contributed by atoms with van der Waals surface area (Å²) in [7, 11) is 0. The number of nitrogens with two attached hydrogens (primary N) is 1. The first-order valence-corrected chi connectivity index (χ1v) is 7.09. The van der Waals surface area contributed by atoms with Crippen LogP contribution in [0.2, 0.25) is 0 Å². The summed E-state index contributed by atoms with van der Waals surface area (Å²) in [6.07, 6.45) is 7.38. The van der Waals surface area contributed by atoms with Gasteiger partial charge in [0, 0.05) is 5.54 Å². The van der Waals surface area contributed by atoms with Gasteiger partial charge in [-0.3, -0.25) is 0 Å². The lowest BCUT2D eigenvalue weighted by molar-refractivity contribution is 0.184. The summed E-state index contributed by atoms with van der Waals surface area (Å²) in [4.78, 5) is 0. The van der Waals surface area contributed by atoms with Crippen LogP contribution in [0.4, 0.5) is 0 Å². The van der Waals surface area contributed by atoms with Gasteiger partial charge >= 0.3 is 0 Å². The predicted molar refractivity (Wildman–Crippen MR) is 73.9 cm³/mol. The van der Waals surface area contributed by atoms with Crippen LogP contribution >= 0.6 is 0 Å². The average molecular weight is 231 g/mol. The molecular formula is C16H25N. The monoisotopic (exact) mass is 231 g/mol. The number of hydrogen-bond donors (Lipinski definition) is 1. The molecule has 2 N–H and O–H groups in total. The lowest BCUT2D eigenvalue weighted by Crippen LogP contribution is -2.46. The largest absolute Gasteiger partial charge is 0.321 e. The van der Waals surface area contributed by atoms with Crippen LogP contribution in [0.1, 0.15) is 57.1 Å². The van der Waals surface area contributed by atoms with E-state index in [1.807, 2.05) is 0 Å². The summed E-state index contributed by atoms with van der Waals surface area (Å²) in [6.45, 7) is 4.49. The second-order valence-electron chi connectivity index (χ2n) is 5.45. The molecule has 1 saturated carbocycles. The maximum Gasteiger partial charge on any atom is 0.0438 e. The van der Waals surface area contributed by atoms with Gasteiger partial charge in [-0.2, -0.15) is 0 Å². The van der Waals surface area contributed by atoms with Gasteiger partial charge in [0.05, 0.1) is 0 Å². The van der Waals surface area contributed by atoms with Gasteiger partial charge < -0.3 is 5.73 Å². The van der Waals surface area contributed by atoms with E-state index in [2.05, 4.69) is 38.1 Å². The third-order valence-electron chi connectivity index (χ3n) is 4.49. The molecule has 1 nitrogen and oxygen atoms in total. The summed E-state index contributed by atoms with van der Waals surface area (Å²) < 4.78 is 0. The van der Waals surface area contributed by atoms with Crippen LogP contribution < -0.4 is 5.73 Å². The molecule has 1 aromatic rings. The number of benzene rings is 1. The van der Waals surface area contributed by atoms with Crippen molar-refractivity contribution in [1.29, 1.82) is 0 Å². The van der Waals surface area contributed by atoms with Gasteiger partial charge in [-0.1, -0.05) is 57.4 Å².